The van der Waals surface area contributed by atoms with E-state index in [1.807, 2.05) is 0 Å². The van der Waals surface area contributed by atoms with E-state index < -0.39 is 17.0 Å². The predicted molar refractivity (Wildman–Crippen MR) is 66.1 cm³/mol. The third kappa shape index (κ3) is 2.47. The molecular weight excluding hydrogens is 242 g/mol. The first kappa shape index (κ1) is 12.8. The van der Waals surface area contributed by atoms with Crippen LogP contribution in [0.2, 0.25) is 0 Å². The molecule has 2 rings (SSSR count). The Hall–Kier alpha value is -0.630. The molecule has 0 radical (unpaired) electrons. The van der Waals surface area contributed by atoms with E-state index in [1.54, 1.807) is 0 Å². The average molecular weight is 259 g/mol. The van der Waals surface area contributed by atoms with Gasteiger partial charge in [-0.25, -0.2) is 8.78 Å². The maximum absolute atomic E-state index is 13.7. The zero-order valence-corrected chi connectivity index (χ0v) is 10.9. The fraction of sp³-hybridized carbons (Fsp3) is 0.571. The molecule has 1 saturated carbocycles. The molecular formula is C14H17ClF2. The third-order valence-corrected chi connectivity index (χ3v) is 4.49. The Kier molecular flexibility index (Phi) is 3.44. The Bertz CT molecular complexity index is 415. The zero-order chi connectivity index (χ0) is 12.6. The molecule has 3 heteroatoms. The summed E-state index contributed by atoms with van der Waals surface area (Å²) in [5, 5.41) is -0.441. The predicted octanol–water partition coefficient (Wildman–Crippen LogP) is 5.07. The molecule has 94 valence electrons. The Morgan fingerprint density at radius 1 is 1.35 bits per heavy atom. The zero-order valence-electron chi connectivity index (χ0n) is 10.1. The summed E-state index contributed by atoms with van der Waals surface area (Å²) in [7, 11) is 0. The molecule has 0 N–H and O–H groups in total. The Morgan fingerprint density at radius 2 is 2.06 bits per heavy atom. The summed E-state index contributed by atoms with van der Waals surface area (Å²) in [6.45, 7) is 4.30. The van der Waals surface area contributed by atoms with E-state index in [4.69, 9.17) is 11.6 Å². The van der Waals surface area contributed by atoms with Gasteiger partial charge in [-0.3, -0.25) is 0 Å². The van der Waals surface area contributed by atoms with Crippen LogP contribution in [0.3, 0.4) is 0 Å². The monoisotopic (exact) mass is 258 g/mol. The van der Waals surface area contributed by atoms with Crippen molar-refractivity contribution >= 4 is 11.6 Å². The number of hydrogen-bond acceptors (Lipinski definition) is 0. The van der Waals surface area contributed by atoms with Crippen LogP contribution in [0.15, 0.2) is 18.2 Å². The van der Waals surface area contributed by atoms with Gasteiger partial charge in [-0.2, -0.15) is 0 Å². The minimum absolute atomic E-state index is 0.102. The van der Waals surface area contributed by atoms with Crippen molar-refractivity contribution < 1.29 is 8.78 Å². The van der Waals surface area contributed by atoms with Gasteiger partial charge < -0.3 is 0 Å². The maximum atomic E-state index is 13.7. The van der Waals surface area contributed by atoms with Gasteiger partial charge in [-0.05, 0) is 42.4 Å². The minimum Gasteiger partial charge on any atom is -0.207 e. The molecule has 2 unspecified atom stereocenters. The van der Waals surface area contributed by atoms with Crippen molar-refractivity contribution in [3.8, 4) is 0 Å². The lowest BCUT2D eigenvalue weighted by Crippen LogP contribution is -2.22. The van der Waals surface area contributed by atoms with Crippen molar-refractivity contribution in [2.75, 3.05) is 0 Å². The first-order valence-corrected chi connectivity index (χ1v) is 6.44. The van der Waals surface area contributed by atoms with Crippen molar-refractivity contribution in [2.45, 2.75) is 38.5 Å². The van der Waals surface area contributed by atoms with Crippen LogP contribution >= 0.6 is 11.6 Å². The van der Waals surface area contributed by atoms with Gasteiger partial charge in [-0.15, -0.1) is 11.6 Å². The van der Waals surface area contributed by atoms with Crippen molar-refractivity contribution in [1.29, 1.82) is 0 Å². The quantitative estimate of drug-likeness (QED) is 0.650. The van der Waals surface area contributed by atoms with Crippen molar-refractivity contribution in [3.05, 3.63) is 35.4 Å². The second-order valence-electron chi connectivity index (χ2n) is 5.55. The van der Waals surface area contributed by atoms with Gasteiger partial charge in [0.15, 0.2) is 0 Å². The topological polar surface area (TPSA) is 0 Å². The summed E-state index contributed by atoms with van der Waals surface area (Å²) in [5.74, 6) is -0.627. The fourth-order valence-electron chi connectivity index (χ4n) is 2.84. The van der Waals surface area contributed by atoms with Crippen molar-refractivity contribution in [2.24, 2.45) is 11.3 Å². The summed E-state index contributed by atoms with van der Waals surface area (Å²) >= 11 is 6.37. The lowest BCUT2D eigenvalue weighted by molar-refractivity contribution is 0.250. The van der Waals surface area contributed by atoms with Crippen LogP contribution in [0, 0.1) is 23.0 Å². The summed E-state index contributed by atoms with van der Waals surface area (Å²) < 4.78 is 26.8. The van der Waals surface area contributed by atoms with Crippen molar-refractivity contribution in [1.82, 2.24) is 0 Å². The summed E-state index contributed by atoms with van der Waals surface area (Å²) in [6.07, 6.45) is 3.19. The largest absolute Gasteiger partial charge is 0.207 e. The van der Waals surface area contributed by atoms with Gasteiger partial charge in [0.25, 0.3) is 0 Å². The molecule has 17 heavy (non-hydrogen) atoms. The number of halogens is 3. The van der Waals surface area contributed by atoms with E-state index >= 15 is 0 Å². The van der Waals surface area contributed by atoms with E-state index in [0.717, 1.165) is 31.4 Å². The molecule has 0 saturated heterocycles. The highest BCUT2D eigenvalue weighted by atomic mass is 35.5. The van der Waals surface area contributed by atoms with Crippen LogP contribution in [-0.4, -0.2) is 0 Å². The van der Waals surface area contributed by atoms with Gasteiger partial charge in [0, 0.05) is 5.56 Å². The SMILES string of the molecule is CC1(C)CCCC1C(Cl)c1cc(F)ccc1F. The lowest BCUT2D eigenvalue weighted by atomic mass is 9.78. The summed E-state index contributed by atoms with van der Waals surface area (Å²) in [4.78, 5) is 0. The molecule has 0 amide bonds. The first-order chi connectivity index (χ1) is 7.92. The van der Waals surface area contributed by atoms with Gasteiger partial charge in [-0.1, -0.05) is 20.3 Å². The second kappa shape index (κ2) is 4.56. The highest BCUT2D eigenvalue weighted by molar-refractivity contribution is 6.21. The Morgan fingerprint density at radius 3 is 2.65 bits per heavy atom. The van der Waals surface area contributed by atoms with Gasteiger partial charge in [0.05, 0.1) is 5.38 Å². The standard InChI is InChI=1S/C14H17ClF2/c1-14(2)7-3-4-11(14)13(15)10-8-9(16)5-6-12(10)17/h5-6,8,11,13H,3-4,7H2,1-2H3. The molecule has 1 aliphatic rings. The molecule has 2 atom stereocenters. The average Bonchev–Trinajstić information content (AvgIpc) is 2.61. The fourth-order valence-corrected chi connectivity index (χ4v) is 3.47. The number of alkyl halides is 1. The molecule has 0 heterocycles. The smallest absolute Gasteiger partial charge is 0.128 e. The normalized spacial score (nSPS) is 24.9. The molecule has 1 aromatic rings. The summed E-state index contributed by atoms with van der Waals surface area (Å²) in [6, 6.07) is 3.51. The van der Waals surface area contributed by atoms with Crippen molar-refractivity contribution in [3.63, 3.8) is 0 Å². The third-order valence-electron chi connectivity index (χ3n) is 3.95. The summed E-state index contributed by atoms with van der Waals surface area (Å²) in [5.41, 5.74) is 0.400. The van der Waals surface area contributed by atoms with Gasteiger partial charge >= 0.3 is 0 Å². The van der Waals surface area contributed by atoms with E-state index in [0.29, 0.717) is 5.56 Å². The van der Waals surface area contributed by atoms with E-state index in [-0.39, 0.29) is 11.3 Å². The molecule has 1 fully saturated rings. The molecule has 0 bridgehead atoms. The highest BCUT2D eigenvalue weighted by Gasteiger charge is 2.40. The van der Waals surface area contributed by atoms with E-state index in [9.17, 15) is 8.78 Å². The van der Waals surface area contributed by atoms with Crippen LogP contribution in [0.1, 0.15) is 44.1 Å². The lowest BCUT2D eigenvalue weighted by Gasteiger charge is -2.31. The Labute approximate surface area is 106 Å². The molecule has 0 spiro atoms. The second-order valence-corrected chi connectivity index (χ2v) is 6.03. The first-order valence-electron chi connectivity index (χ1n) is 6.01. The van der Waals surface area contributed by atoms with E-state index in [2.05, 4.69) is 13.8 Å². The molecule has 0 nitrogen and oxygen atoms in total. The molecule has 1 aromatic carbocycles. The molecule has 1 aliphatic carbocycles. The molecule has 0 aliphatic heterocycles. The maximum Gasteiger partial charge on any atom is 0.128 e. The highest BCUT2D eigenvalue weighted by Crippen LogP contribution is 2.51. The van der Waals surface area contributed by atoms with Crippen LogP contribution in [0.5, 0.6) is 0 Å². The van der Waals surface area contributed by atoms with Gasteiger partial charge in [0.2, 0.25) is 0 Å². The minimum atomic E-state index is -0.441. The van der Waals surface area contributed by atoms with E-state index in [1.165, 1.54) is 6.07 Å². The Balaban J connectivity index is 2.30. The number of hydrogen-bond donors (Lipinski definition) is 0. The van der Waals surface area contributed by atoms with Crippen LogP contribution in [0.25, 0.3) is 0 Å². The van der Waals surface area contributed by atoms with Crippen LogP contribution in [0.4, 0.5) is 8.78 Å². The molecule has 0 aromatic heterocycles. The van der Waals surface area contributed by atoms with Gasteiger partial charge in [0.1, 0.15) is 11.6 Å². The number of benzene rings is 1. The number of rotatable bonds is 2. The van der Waals surface area contributed by atoms with Crippen LogP contribution < -0.4 is 0 Å². The van der Waals surface area contributed by atoms with Crippen LogP contribution in [-0.2, 0) is 0 Å².